The van der Waals surface area contributed by atoms with Crippen molar-refractivity contribution in [3.05, 3.63) is 6.20 Å². The van der Waals surface area contributed by atoms with E-state index in [9.17, 15) is 4.79 Å². The zero-order chi connectivity index (χ0) is 13.8. The van der Waals surface area contributed by atoms with Gasteiger partial charge in [-0.15, -0.1) is 0 Å². The summed E-state index contributed by atoms with van der Waals surface area (Å²) in [5.74, 6) is 1.61. The predicted octanol–water partition coefficient (Wildman–Crippen LogP) is 1.05. The molecule has 2 fully saturated rings. The topological polar surface area (TPSA) is 67.4 Å². The Labute approximate surface area is 122 Å². The van der Waals surface area contributed by atoms with Gasteiger partial charge >= 0.3 is 0 Å². The van der Waals surface area contributed by atoms with Crippen molar-refractivity contribution in [3.8, 4) is 0 Å². The molecule has 3 rings (SSSR count). The Morgan fingerprint density at radius 2 is 2.30 bits per heavy atom. The first-order chi connectivity index (χ1) is 9.83. The Balaban J connectivity index is 1.39. The number of hydrogen-bond acceptors (Lipinski definition) is 6. The molecule has 7 heteroatoms. The fraction of sp³-hybridized carbons (Fsp3) is 0.769. The van der Waals surface area contributed by atoms with Crippen molar-refractivity contribution in [1.82, 2.24) is 14.1 Å². The smallest absolute Gasteiger partial charge is 0.249 e. The van der Waals surface area contributed by atoms with Gasteiger partial charge in [-0.3, -0.25) is 4.79 Å². The number of aromatic nitrogens is 2. The molecular formula is C13H20N4O2S. The third-order valence-electron chi connectivity index (χ3n) is 4.08. The quantitative estimate of drug-likeness (QED) is 0.899. The van der Waals surface area contributed by atoms with E-state index < -0.39 is 0 Å². The van der Waals surface area contributed by atoms with Crippen LogP contribution in [0.15, 0.2) is 6.20 Å². The molecule has 0 bridgehead atoms. The largest absolute Gasteiger partial charge is 0.368 e. The molecule has 0 spiro atoms. The minimum absolute atomic E-state index is 0.0635. The minimum Gasteiger partial charge on any atom is -0.368 e. The second-order valence-electron chi connectivity index (χ2n) is 5.44. The van der Waals surface area contributed by atoms with Crippen LogP contribution in [0.3, 0.4) is 0 Å². The molecule has 0 saturated carbocycles. The van der Waals surface area contributed by atoms with Crippen molar-refractivity contribution >= 4 is 23.5 Å². The number of nitrogens with one attached hydrogen (secondary N) is 1. The maximum absolute atomic E-state index is 11.9. The van der Waals surface area contributed by atoms with E-state index in [1.165, 1.54) is 11.7 Å². The van der Waals surface area contributed by atoms with Crippen LogP contribution in [-0.4, -0.2) is 47.0 Å². The van der Waals surface area contributed by atoms with Crippen LogP contribution in [0.1, 0.15) is 25.7 Å². The summed E-state index contributed by atoms with van der Waals surface area (Å²) in [7, 11) is 0. The number of amides is 1. The van der Waals surface area contributed by atoms with E-state index in [2.05, 4.69) is 19.0 Å². The molecule has 0 aliphatic carbocycles. The lowest BCUT2D eigenvalue weighted by Gasteiger charge is -2.31. The number of rotatable bonds is 4. The van der Waals surface area contributed by atoms with Gasteiger partial charge in [-0.2, -0.15) is 8.75 Å². The molecule has 1 amide bonds. The van der Waals surface area contributed by atoms with Crippen molar-refractivity contribution in [2.75, 3.05) is 31.1 Å². The molecule has 0 aromatic carbocycles. The molecule has 1 atom stereocenters. The van der Waals surface area contributed by atoms with Crippen molar-refractivity contribution < 1.29 is 9.53 Å². The molecule has 0 radical (unpaired) electrons. The Morgan fingerprint density at radius 3 is 2.95 bits per heavy atom. The van der Waals surface area contributed by atoms with E-state index in [0.29, 0.717) is 5.92 Å². The highest BCUT2D eigenvalue weighted by atomic mass is 32.1. The van der Waals surface area contributed by atoms with Gasteiger partial charge in [0, 0.05) is 26.2 Å². The van der Waals surface area contributed by atoms with E-state index >= 15 is 0 Å². The minimum atomic E-state index is -0.212. The number of anilines is 1. The van der Waals surface area contributed by atoms with Crippen LogP contribution >= 0.6 is 11.7 Å². The fourth-order valence-corrected chi connectivity index (χ4v) is 3.24. The maximum Gasteiger partial charge on any atom is 0.249 e. The van der Waals surface area contributed by atoms with Gasteiger partial charge in [-0.1, -0.05) is 0 Å². The van der Waals surface area contributed by atoms with Crippen LogP contribution in [0, 0.1) is 5.92 Å². The summed E-state index contributed by atoms with van der Waals surface area (Å²) >= 11 is 1.25. The monoisotopic (exact) mass is 296 g/mol. The molecule has 6 nitrogen and oxygen atoms in total. The number of carbonyl (C=O) groups is 1. The molecule has 1 N–H and O–H groups in total. The van der Waals surface area contributed by atoms with Crippen LogP contribution in [-0.2, 0) is 9.53 Å². The Bertz CT molecular complexity index is 426. The lowest BCUT2D eigenvalue weighted by molar-refractivity contribution is -0.130. The standard InChI is InChI=1S/C13H20N4O2S/c18-13(11-2-1-7-19-11)14-8-10-3-5-17(6-4-10)12-9-15-20-16-12/h9-11H,1-8H2,(H,14,18)/t11-/m1/s1. The summed E-state index contributed by atoms with van der Waals surface area (Å²) in [6.07, 6.45) is 5.65. The molecule has 3 heterocycles. The number of piperidine rings is 1. The first-order valence-electron chi connectivity index (χ1n) is 7.25. The van der Waals surface area contributed by atoms with Crippen LogP contribution in [0.2, 0.25) is 0 Å². The van der Waals surface area contributed by atoms with Crippen molar-refractivity contribution in [1.29, 1.82) is 0 Å². The average Bonchev–Trinajstić information content (AvgIpc) is 3.18. The number of nitrogens with zero attached hydrogens (tertiary/aromatic N) is 3. The molecule has 0 unspecified atom stereocenters. The highest BCUT2D eigenvalue weighted by molar-refractivity contribution is 6.99. The highest BCUT2D eigenvalue weighted by Crippen LogP contribution is 2.21. The van der Waals surface area contributed by atoms with Crippen molar-refractivity contribution in [2.24, 2.45) is 5.92 Å². The number of ether oxygens (including phenoxy) is 1. The van der Waals surface area contributed by atoms with E-state index in [1.807, 2.05) is 6.20 Å². The molecule has 2 aliphatic heterocycles. The van der Waals surface area contributed by atoms with Crippen molar-refractivity contribution in [3.63, 3.8) is 0 Å². The van der Waals surface area contributed by atoms with Gasteiger partial charge in [0.25, 0.3) is 0 Å². The van der Waals surface area contributed by atoms with Gasteiger partial charge in [-0.05, 0) is 31.6 Å². The van der Waals surface area contributed by atoms with Gasteiger partial charge in [0.05, 0.1) is 17.9 Å². The highest BCUT2D eigenvalue weighted by Gasteiger charge is 2.25. The van der Waals surface area contributed by atoms with Crippen LogP contribution in [0.5, 0.6) is 0 Å². The van der Waals surface area contributed by atoms with Gasteiger partial charge < -0.3 is 15.0 Å². The molecule has 20 heavy (non-hydrogen) atoms. The lowest BCUT2D eigenvalue weighted by atomic mass is 9.96. The normalized spacial score (nSPS) is 24.0. The zero-order valence-corrected chi connectivity index (χ0v) is 12.3. The van der Waals surface area contributed by atoms with Gasteiger partial charge in [0.2, 0.25) is 5.91 Å². The van der Waals surface area contributed by atoms with Crippen molar-refractivity contribution in [2.45, 2.75) is 31.8 Å². The average molecular weight is 296 g/mol. The summed E-state index contributed by atoms with van der Waals surface area (Å²) in [5, 5.41) is 3.04. The second-order valence-corrected chi connectivity index (χ2v) is 6.00. The zero-order valence-electron chi connectivity index (χ0n) is 11.5. The molecule has 2 saturated heterocycles. The Morgan fingerprint density at radius 1 is 1.45 bits per heavy atom. The first-order valence-corrected chi connectivity index (χ1v) is 7.98. The third-order valence-corrected chi connectivity index (χ3v) is 4.54. The van der Waals surface area contributed by atoms with Crippen LogP contribution in [0.4, 0.5) is 5.82 Å². The molecule has 1 aromatic heterocycles. The summed E-state index contributed by atoms with van der Waals surface area (Å²) in [6.45, 7) is 3.47. The van der Waals surface area contributed by atoms with Crippen LogP contribution < -0.4 is 10.2 Å². The lowest BCUT2D eigenvalue weighted by Crippen LogP contribution is -2.41. The number of hydrogen-bond donors (Lipinski definition) is 1. The first kappa shape index (κ1) is 13.8. The predicted molar refractivity (Wildman–Crippen MR) is 76.8 cm³/mol. The van der Waals surface area contributed by atoms with Gasteiger partial charge in [-0.25, -0.2) is 0 Å². The summed E-state index contributed by atoms with van der Waals surface area (Å²) in [5.41, 5.74) is 0. The van der Waals surface area contributed by atoms with E-state index in [-0.39, 0.29) is 12.0 Å². The second kappa shape index (κ2) is 6.49. The maximum atomic E-state index is 11.9. The Hall–Kier alpha value is -1.21. The molecular weight excluding hydrogens is 276 g/mol. The molecule has 1 aromatic rings. The Kier molecular flexibility index (Phi) is 4.47. The summed E-state index contributed by atoms with van der Waals surface area (Å²) in [4.78, 5) is 14.1. The summed E-state index contributed by atoms with van der Waals surface area (Å²) in [6, 6.07) is 0. The third kappa shape index (κ3) is 3.27. The van der Waals surface area contributed by atoms with Crippen LogP contribution in [0.25, 0.3) is 0 Å². The fourth-order valence-electron chi connectivity index (χ4n) is 2.81. The molecule has 2 aliphatic rings. The van der Waals surface area contributed by atoms with E-state index in [4.69, 9.17) is 4.74 Å². The van der Waals surface area contributed by atoms with Gasteiger partial charge in [0.15, 0.2) is 5.82 Å². The number of carbonyl (C=O) groups excluding carboxylic acids is 1. The van der Waals surface area contributed by atoms with E-state index in [1.54, 1.807) is 0 Å². The van der Waals surface area contributed by atoms with E-state index in [0.717, 1.165) is 57.7 Å². The summed E-state index contributed by atoms with van der Waals surface area (Å²) < 4.78 is 13.7. The molecule has 110 valence electrons. The van der Waals surface area contributed by atoms with Gasteiger partial charge in [0.1, 0.15) is 6.10 Å². The SMILES string of the molecule is O=C(NCC1CCN(c2cnsn2)CC1)[C@H]1CCCO1.